The maximum atomic E-state index is 12.3. The van der Waals surface area contributed by atoms with Crippen LogP contribution >= 0.6 is 34.9 Å². The first-order chi connectivity index (χ1) is 11.5. The van der Waals surface area contributed by atoms with Gasteiger partial charge in [0.15, 0.2) is 8.68 Å². The third-order valence-electron chi connectivity index (χ3n) is 3.11. The molecule has 7 heteroatoms. The summed E-state index contributed by atoms with van der Waals surface area (Å²) in [6.07, 6.45) is 0.989. The summed E-state index contributed by atoms with van der Waals surface area (Å²) in [5.41, 5.74) is 3.18. The van der Waals surface area contributed by atoms with E-state index in [-0.39, 0.29) is 11.2 Å². The molecule has 1 atom stereocenters. The first kappa shape index (κ1) is 19.0. The topological polar surface area (TPSA) is 54.9 Å². The fourth-order valence-electron chi connectivity index (χ4n) is 1.76. The van der Waals surface area contributed by atoms with Gasteiger partial charge in [-0.05, 0) is 38.0 Å². The number of aryl methyl sites for hydroxylation is 1. The fraction of sp³-hybridized carbons (Fsp3) is 0.353. The second-order valence-corrected chi connectivity index (χ2v) is 9.17. The summed E-state index contributed by atoms with van der Waals surface area (Å²) in [6, 6.07) is 7.93. The summed E-state index contributed by atoms with van der Waals surface area (Å²) in [5.74, 6) is 0.805. The van der Waals surface area contributed by atoms with E-state index in [0.29, 0.717) is 0 Å². The Balaban J connectivity index is 1.87. The third-order valence-corrected chi connectivity index (χ3v) is 6.58. The summed E-state index contributed by atoms with van der Waals surface area (Å²) in [4.78, 5) is 12.3. The molecule has 1 aromatic heterocycles. The van der Waals surface area contributed by atoms with Gasteiger partial charge in [0.05, 0.1) is 5.25 Å². The average molecular weight is 380 g/mol. The number of nitrogens with one attached hydrogen (secondary N) is 1. The SMILES string of the molecule is C=C(C)CSc1nnc(S[C@@H](C)C(=O)Nc2ccc(CC)cc2)s1. The number of aromatic nitrogens is 2. The number of carbonyl (C=O) groups excluding carboxylic acids is 1. The molecule has 24 heavy (non-hydrogen) atoms. The van der Waals surface area contributed by atoms with Gasteiger partial charge in [-0.15, -0.1) is 10.2 Å². The van der Waals surface area contributed by atoms with Crippen molar-refractivity contribution in [2.45, 2.75) is 41.1 Å². The molecule has 1 N–H and O–H groups in total. The van der Waals surface area contributed by atoms with Crippen LogP contribution in [-0.2, 0) is 11.2 Å². The van der Waals surface area contributed by atoms with Crippen molar-refractivity contribution in [2.24, 2.45) is 0 Å². The summed E-state index contributed by atoms with van der Waals surface area (Å²) in [5, 5.41) is 11.0. The minimum absolute atomic E-state index is 0.0319. The summed E-state index contributed by atoms with van der Waals surface area (Å²) < 4.78 is 1.71. The molecular weight excluding hydrogens is 358 g/mol. The van der Waals surface area contributed by atoms with Crippen LogP contribution < -0.4 is 5.32 Å². The van der Waals surface area contributed by atoms with Crippen molar-refractivity contribution in [1.82, 2.24) is 10.2 Å². The van der Waals surface area contributed by atoms with Gasteiger partial charge < -0.3 is 5.32 Å². The molecule has 0 radical (unpaired) electrons. The van der Waals surface area contributed by atoms with Gasteiger partial charge in [0.1, 0.15) is 0 Å². The Bertz CT molecular complexity index is 697. The minimum Gasteiger partial charge on any atom is -0.325 e. The molecule has 0 spiro atoms. The Hall–Kier alpha value is -1.31. The monoisotopic (exact) mass is 379 g/mol. The lowest BCUT2D eigenvalue weighted by Crippen LogP contribution is -2.22. The smallest absolute Gasteiger partial charge is 0.237 e. The summed E-state index contributed by atoms with van der Waals surface area (Å²) in [6.45, 7) is 9.85. The first-order valence-corrected chi connectivity index (χ1v) is 10.3. The maximum Gasteiger partial charge on any atom is 0.237 e. The highest BCUT2D eigenvalue weighted by atomic mass is 32.2. The van der Waals surface area contributed by atoms with Crippen molar-refractivity contribution in [3.8, 4) is 0 Å². The highest BCUT2D eigenvalue weighted by molar-refractivity contribution is 8.04. The van der Waals surface area contributed by atoms with E-state index in [4.69, 9.17) is 0 Å². The molecule has 0 fully saturated rings. The van der Waals surface area contributed by atoms with Crippen LogP contribution in [0, 0.1) is 0 Å². The Morgan fingerprint density at radius 2 is 1.96 bits per heavy atom. The molecule has 0 saturated heterocycles. The Labute approximate surface area is 155 Å². The van der Waals surface area contributed by atoms with Crippen LogP contribution in [0.1, 0.15) is 26.3 Å². The van der Waals surface area contributed by atoms with Gasteiger partial charge in [0.25, 0.3) is 0 Å². The number of hydrogen-bond acceptors (Lipinski definition) is 6. The molecule has 2 aromatic rings. The number of anilines is 1. The quantitative estimate of drug-likeness (QED) is 0.523. The largest absolute Gasteiger partial charge is 0.325 e. The number of carbonyl (C=O) groups is 1. The van der Waals surface area contributed by atoms with Crippen LogP contribution in [0.15, 0.2) is 45.1 Å². The van der Waals surface area contributed by atoms with E-state index in [2.05, 4.69) is 29.0 Å². The molecule has 128 valence electrons. The van der Waals surface area contributed by atoms with E-state index in [1.54, 1.807) is 11.8 Å². The molecule has 2 rings (SSSR count). The molecule has 0 unspecified atom stereocenters. The zero-order valence-electron chi connectivity index (χ0n) is 14.0. The van der Waals surface area contributed by atoms with Crippen molar-refractivity contribution < 1.29 is 4.79 Å². The van der Waals surface area contributed by atoms with E-state index in [1.165, 1.54) is 28.7 Å². The van der Waals surface area contributed by atoms with Crippen LogP contribution in [0.5, 0.6) is 0 Å². The van der Waals surface area contributed by atoms with Gasteiger partial charge in [0.2, 0.25) is 5.91 Å². The van der Waals surface area contributed by atoms with E-state index in [1.807, 2.05) is 38.1 Å². The lowest BCUT2D eigenvalue weighted by atomic mass is 10.1. The number of thioether (sulfide) groups is 2. The molecule has 1 aromatic carbocycles. The van der Waals surface area contributed by atoms with Crippen LogP contribution in [-0.4, -0.2) is 27.1 Å². The highest BCUT2D eigenvalue weighted by Gasteiger charge is 2.17. The molecule has 4 nitrogen and oxygen atoms in total. The second-order valence-electron chi connectivity index (χ2n) is 5.38. The number of nitrogens with zero attached hydrogens (tertiary/aromatic N) is 2. The Morgan fingerprint density at radius 1 is 1.29 bits per heavy atom. The Kier molecular flexibility index (Phi) is 7.33. The van der Waals surface area contributed by atoms with Crippen molar-refractivity contribution in [1.29, 1.82) is 0 Å². The first-order valence-electron chi connectivity index (χ1n) is 7.65. The van der Waals surface area contributed by atoms with Gasteiger partial charge >= 0.3 is 0 Å². The minimum atomic E-state index is -0.234. The van der Waals surface area contributed by atoms with Crippen molar-refractivity contribution >= 4 is 46.5 Å². The zero-order valence-corrected chi connectivity index (χ0v) is 16.5. The van der Waals surface area contributed by atoms with Crippen molar-refractivity contribution in [3.63, 3.8) is 0 Å². The lowest BCUT2D eigenvalue weighted by Gasteiger charge is -2.10. The van der Waals surface area contributed by atoms with Crippen LogP contribution in [0.2, 0.25) is 0 Å². The van der Waals surface area contributed by atoms with E-state index >= 15 is 0 Å². The van der Waals surface area contributed by atoms with Gasteiger partial charge in [-0.2, -0.15) is 0 Å². The zero-order chi connectivity index (χ0) is 17.5. The normalized spacial score (nSPS) is 12.0. The molecular formula is C17H21N3OS3. The van der Waals surface area contributed by atoms with Crippen LogP contribution in [0.4, 0.5) is 5.69 Å². The Morgan fingerprint density at radius 3 is 2.58 bits per heavy atom. The van der Waals surface area contributed by atoms with Gasteiger partial charge in [-0.3, -0.25) is 4.79 Å². The predicted molar refractivity (Wildman–Crippen MR) is 105 cm³/mol. The highest BCUT2D eigenvalue weighted by Crippen LogP contribution is 2.32. The fourth-order valence-corrected chi connectivity index (χ4v) is 4.77. The van der Waals surface area contributed by atoms with Gasteiger partial charge in [0, 0.05) is 11.4 Å². The molecule has 0 aliphatic heterocycles. The number of amides is 1. The number of hydrogen-bond donors (Lipinski definition) is 1. The molecule has 0 saturated carbocycles. The van der Waals surface area contributed by atoms with Crippen molar-refractivity contribution in [2.75, 3.05) is 11.1 Å². The molecule has 0 bridgehead atoms. The number of rotatable bonds is 8. The molecule has 0 aliphatic carbocycles. The van der Waals surface area contributed by atoms with E-state index in [9.17, 15) is 4.79 Å². The second kappa shape index (κ2) is 9.25. The number of benzene rings is 1. The standard InChI is InChI=1S/C17H21N3OS3/c1-5-13-6-8-14(9-7-13)18-15(21)12(4)23-17-20-19-16(24-17)22-10-11(2)3/h6-9,12H,2,5,10H2,1,3-4H3,(H,18,21)/t12-/m0/s1. The van der Waals surface area contributed by atoms with Gasteiger partial charge in [-0.25, -0.2) is 0 Å². The van der Waals surface area contributed by atoms with Crippen LogP contribution in [0.25, 0.3) is 0 Å². The summed E-state index contributed by atoms with van der Waals surface area (Å²) >= 11 is 4.57. The van der Waals surface area contributed by atoms with Crippen LogP contribution in [0.3, 0.4) is 0 Å². The van der Waals surface area contributed by atoms with Crippen molar-refractivity contribution in [3.05, 3.63) is 42.0 Å². The van der Waals surface area contributed by atoms with E-state index in [0.717, 1.165) is 32.1 Å². The third kappa shape index (κ3) is 5.96. The lowest BCUT2D eigenvalue weighted by molar-refractivity contribution is -0.115. The predicted octanol–water partition coefficient (Wildman–Crippen LogP) is 4.89. The van der Waals surface area contributed by atoms with Gasteiger partial charge in [-0.1, -0.05) is 66.1 Å². The molecule has 0 aliphatic rings. The molecule has 1 heterocycles. The van der Waals surface area contributed by atoms with E-state index < -0.39 is 0 Å². The summed E-state index contributed by atoms with van der Waals surface area (Å²) in [7, 11) is 0. The maximum absolute atomic E-state index is 12.3. The average Bonchev–Trinajstić information content (AvgIpc) is 3.01. The molecule has 1 amide bonds.